The quantitative estimate of drug-likeness (QED) is 0.930. The standard InChI is InChI=1S/C16H24N2O2S/c1-13-4-6-14(7-5-13)21(19,20)18-9-3-8-16(11-17)10-15(16,2)12-18/h4-7H,3,8-12,17H2,1-2H3/t15-,16-/m1/s1. The van der Waals surface area contributed by atoms with Gasteiger partial charge in [-0.05, 0) is 55.7 Å². The summed E-state index contributed by atoms with van der Waals surface area (Å²) in [5, 5.41) is 0. The summed E-state index contributed by atoms with van der Waals surface area (Å²) >= 11 is 0. The lowest BCUT2D eigenvalue weighted by molar-refractivity contribution is 0.318. The van der Waals surface area contributed by atoms with Gasteiger partial charge in [-0.2, -0.15) is 4.31 Å². The average molecular weight is 308 g/mol. The fraction of sp³-hybridized carbons (Fsp3) is 0.625. The van der Waals surface area contributed by atoms with Crippen LogP contribution in [0.15, 0.2) is 29.2 Å². The van der Waals surface area contributed by atoms with Gasteiger partial charge in [0.05, 0.1) is 4.90 Å². The van der Waals surface area contributed by atoms with Crippen LogP contribution in [0.1, 0.15) is 31.7 Å². The number of sulfonamides is 1. The van der Waals surface area contributed by atoms with E-state index in [1.54, 1.807) is 16.4 Å². The van der Waals surface area contributed by atoms with E-state index in [0.717, 1.165) is 24.8 Å². The Labute approximate surface area is 127 Å². The number of nitrogens with two attached hydrogens (primary N) is 1. The summed E-state index contributed by atoms with van der Waals surface area (Å²) in [6.45, 7) is 6.02. The maximum atomic E-state index is 12.8. The van der Waals surface area contributed by atoms with Gasteiger partial charge in [-0.15, -0.1) is 0 Å². The smallest absolute Gasteiger partial charge is 0.243 e. The first-order valence-electron chi connectivity index (χ1n) is 7.60. The van der Waals surface area contributed by atoms with Crippen molar-refractivity contribution in [1.29, 1.82) is 0 Å². The molecule has 0 aromatic heterocycles. The summed E-state index contributed by atoms with van der Waals surface area (Å²) < 4.78 is 27.4. The summed E-state index contributed by atoms with van der Waals surface area (Å²) in [6.07, 6.45) is 2.99. The van der Waals surface area contributed by atoms with Gasteiger partial charge in [0.15, 0.2) is 0 Å². The Kier molecular flexibility index (Phi) is 3.43. The number of benzene rings is 1. The molecule has 0 bridgehead atoms. The van der Waals surface area contributed by atoms with Crippen molar-refractivity contribution in [3.8, 4) is 0 Å². The minimum absolute atomic E-state index is 0.0516. The molecule has 1 aliphatic heterocycles. The Balaban J connectivity index is 1.88. The number of hydrogen-bond acceptors (Lipinski definition) is 3. The van der Waals surface area contributed by atoms with Gasteiger partial charge in [-0.3, -0.25) is 0 Å². The molecule has 1 aromatic rings. The molecular formula is C16H24N2O2S. The van der Waals surface area contributed by atoms with Crippen molar-refractivity contribution < 1.29 is 8.42 Å². The van der Waals surface area contributed by atoms with Crippen LogP contribution < -0.4 is 5.73 Å². The van der Waals surface area contributed by atoms with Crippen LogP contribution in [0.3, 0.4) is 0 Å². The molecule has 2 aliphatic rings. The zero-order valence-electron chi connectivity index (χ0n) is 12.8. The van der Waals surface area contributed by atoms with E-state index in [9.17, 15) is 8.42 Å². The van der Waals surface area contributed by atoms with Gasteiger partial charge in [-0.25, -0.2) is 8.42 Å². The Morgan fingerprint density at radius 2 is 1.95 bits per heavy atom. The molecule has 1 aliphatic carbocycles. The van der Waals surface area contributed by atoms with Gasteiger partial charge in [0, 0.05) is 13.1 Å². The van der Waals surface area contributed by atoms with Gasteiger partial charge < -0.3 is 5.73 Å². The van der Waals surface area contributed by atoms with Crippen LogP contribution in [-0.4, -0.2) is 32.4 Å². The lowest BCUT2D eigenvalue weighted by Crippen LogP contribution is -2.36. The highest BCUT2D eigenvalue weighted by molar-refractivity contribution is 7.89. The number of nitrogens with zero attached hydrogens (tertiary/aromatic N) is 1. The van der Waals surface area contributed by atoms with Crippen molar-refractivity contribution in [3.63, 3.8) is 0 Å². The highest BCUT2D eigenvalue weighted by atomic mass is 32.2. The number of aryl methyl sites for hydroxylation is 1. The molecule has 116 valence electrons. The predicted octanol–water partition coefficient (Wildman–Crippen LogP) is 2.13. The molecule has 0 unspecified atom stereocenters. The van der Waals surface area contributed by atoms with Gasteiger partial charge in [0.25, 0.3) is 0 Å². The maximum Gasteiger partial charge on any atom is 0.243 e. The molecule has 5 heteroatoms. The molecule has 0 amide bonds. The van der Waals surface area contributed by atoms with E-state index in [0.29, 0.717) is 24.5 Å². The molecule has 0 radical (unpaired) electrons. The first-order valence-corrected chi connectivity index (χ1v) is 9.04. The van der Waals surface area contributed by atoms with Crippen LogP contribution in [-0.2, 0) is 10.0 Å². The van der Waals surface area contributed by atoms with Crippen LogP contribution in [0, 0.1) is 17.8 Å². The number of rotatable bonds is 3. The number of fused-ring (bicyclic) bond motifs is 1. The van der Waals surface area contributed by atoms with Crippen molar-refractivity contribution in [3.05, 3.63) is 29.8 Å². The van der Waals surface area contributed by atoms with E-state index in [2.05, 4.69) is 6.92 Å². The Hall–Kier alpha value is -0.910. The summed E-state index contributed by atoms with van der Waals surface area (Å²) in [6, 6.07) is 7.13. The highest BCUT2D eigenvalue weighted by Crippen LogP contribution is 2.67. The molecular weight excluding hydrogens is 284 g/mol. The summed E-state index contributed by atoms with van der Waals surface area (Å²) in [4.78, 5) is 0.401. The van der Waals surface area contributed by atoms with Gasteiger partial charge in [0.1, 0.15) is 0 Å². The maximum absolute atomic E-state index is 12.8. The number of hydrogen-bond donors (Lipinski definition) is 1. The third-order valence-corrected chi connectivity index (χ3v) is 7.38. The minimum Gasteiger partial charge on any atom is -0.330 e. The average Bonchev–Trinajstić information content (AvgIpc) is 3.05. The molecule has 1 saturated carbocycles. The molecule has 2 atom stereocenters. The SMILES string of the molecule is Cc1ccc(S(=O)(=O)N2CCC[C@]3(CN)C[C@]3(C)C2)cc1. The fourth-order valence-corrected chi connectivity index (χ4v) is 5.47. The minimum atomic E-state index is -3.39. The molecule has 3 rings (SSSR count). The molecule has 0 spiro atoms. The molecule has 1 saturated heterocycles. The van der Waals surface area contributed by atoms with Crippen LogP contribution in [0.25, 0.3) is 0 Å². The van der Waals surface area contributed by atoms with Crippen LogP contribution in [0.4, 0.5) is 0 Å². The van der Waals surface area contributed by atoms with Crippen molar-refractivity contribution in [2.24, 2.45) is 16.6 Å². The van der Waals surface area contributed by atoms with Crippen molar-refractivity contribution in [2.45, 2.75) is 38.0 Å². The fourth-order valence-electron chi connectivity index (χ4n) is 3.86. The van der Waals surface area contributed by atoms with Crippen molar-refractivity contribution >= 4 is 10.0 Å². The second kappa shape index (κ2) is 4.80. The second-order valence-electron chi connectivity index (χ2n) is 6.98. The summed E-state index contributed by atoms with van der Waals surface area (Å²) in [7, 11) is -3.39. The monoisotopic (exact) mass is 308 g/mol. The largest absolute Gasteiger partial charge is 0.330 e. The topological polar surface area (TPSA) is 63.4 Å². The normalized spacial score (nSPS) is 33.3. The molecule has 4 nitrogen and oxygen atoms in total. The molecule has 21 heavy (non-hydrogen) atoms. The van der Waals surface area contributed by atoms with E-state index in [-0.39, 0.29) is 10.8 Å². The van der Waals surface area contributed by atoms with Gasteiger partial charge in [0.2, 0.25) is 10.0 Å². The van der Waals surface area contributed by atoms with Crippen molar-refractivity contribution in [2.75, 3.05) is 19.6 Å². The van der Waals surface area contributed by atoms with E-state index in [1.165, 1.54) is 0 Å². The predicted molar refractivity (Wildman–Crippen MR) is 83.4 cm³/mol. The van der Waals surface area contributed by atoms with Crippen LogP contribution >= 0.6 is 0 Å². The third-order valence-electron chi connectivity index (χ3n) is 5.52. The zero-order valence-corrected chi connectivity index (χ0v) is 13.6. The van der Waals surface area contributed by atoms with Crippen LogP contribution in [0.5, 0.6) is 0 Å². The lowest BCUT2D eigenvalue weighted by atomic mass is 9.91. The van der Waals surface area contributed by atoms with Gasteiger partial charge in [-0.1, -0.05) is 24.6 Å². The molecule has 1 heterocycles. The zero-order chi connectivity index (χ0) is 15.3. The first kappa shape index (κ1) is 15.0. The third kappa shape index (κ3) is 2.31. The van der Waals surface area contributed by atoms with E-state index >= 15 is 0 Å². The Morgan fingerprint density at radius 1 is 1.29 bits per heavy atom. The molecule has 2 N–H and O–H groups in total. The van der Waals surface area contributed by atoms with Crippen molar-refractivity contribution in [1.82, 2.24) is 4.31 Å². The Morgan fingerprint density at radius 3 is 2.57 bits per heavy atom. The summed E-state index contributed by atoms with van der Waals surface area (Å²) in [5.74, 6) is 0. The Bertz CT molecular complexity index is 641. The van der Waals surface area contributed by atoms with Crippen LogP contribution in [0.2, 0.25) is 0 Å². The van der Waals surface area contributed by atoms with E-state index in [4.69, 9.17) is 5.73 Å². The molecule has 2 fully saturated rings. The van der Waals surface area contributed by atoms with Gasteiger partial charge >= 0.3 is 0 Å². The highest BCUT2D eigenvalue weighted by Gasteiger charge is 2.64. The van der Waals surface area contributed by atoms with E-state index in [1.807, 2.05) is 19.1 Å². The first-order chi connectivity index (χ1) is 9.83. The lowest BCUT2D eigenvalue weighted by Gasteiger charge is -2.24. The van der Waals surface area contributed by atoms with E-state index < -0.39 is 10.0 Å². The second-order valence-corrected chi connectivity index (χ2v) is 8.92. The molecule has 1 aromatic carbocycles. The summed E-state index contributed by atoms with van der Waals surface area (Å²) in [5.41, 5.74) is 7.24.